The van der Waals surface area contributed by atoms with Crippen molar-refractivity contribution in [1.29, 1.82) is 0 Å². The number of hydrogen-bond donors (Lipinski definition) is 1. The number of nitrogens with zero attached hydrogens (tertiary/aromatic N) is 1. The van der Waals surface area contributed by atoms with Gasteiger partial charge in [-0.15, -0.1) is 0 Å². The van der Waals surface area contributed by atoms with Crippen LogP contribution in [-0.4, -0.2) is 16.1 Å². The third kappa shape index (κ3) is 2.59. The molecule has 1 N–H and O–H groups in total. The van der Waals surface area contributed by atoms with Crippen molar-refractivity contribution >= 4 is 34.0 Å². The van der Waals surface area contributed by atoms with Gasteiger partial charge in [-0.05, 0) is 29.8 Å². The van der Waals surface area contributed by atoms with Crippen molar-refractivity contribution in [3.05, 3.63) is 83.0 Å². The molecule has 0 saturated carbocycles. The fourth-order valence-electron chi connectivity index (χ4n) is 2.33. The molecule has 1 heterocycles. The first kappa shape index (κ1) is 14.3. The van der Waals surface area contributed by atoms with Crippen LogP contribution in [0, 0.1) is 0 Å². The van der Waals surface area contributed by atoms with Gasteiger partial charge in [0.15, 0.2) is 0 Å². The average Bonchev–Trinajstić information content (AvgIpc) is 2.53. The Morgan fingerprint density at radius 2 is 1.73 bits per heavy atom. The number of pyridine rings is 1. The maximum absolute atomic E-state index is 11.3. The Labute approximate surface area is 132 Å². The minimum Gasteiger partial charge on any atom is -0.478 e. The van der Waals surface area contributed by atoms with Crippen molar-refractivity contribution in [2.45, 2.75) is 0 Å². The number of carbonyl (C=O) groups is 1. The van der Waals surface area contributed by atoms with Crippen LogP contribution in [-0.2, 0) is 0 Å². The van der Waals surface area contributed by atoms with Gasteiger partial charge in [0.25, 0.3) is 0 Å². The van der Waals surface area contributed by atoms with Gasteiger partial charge in [-0.25, -0.2) is 9.78 Å². The van der Waals surface area contributed by atoms with Crippen molar-refractivity contribution in [3.63, 3.8) is 0 Å². The standard InChI is InChI=1S/C18H12ClNO2/c1-11(14-4-2-3-5-15(14)18(21)22)16-9-7-12-6-8-13(19)10-17(12)20-16/h2-10H,1H2,(H,21,22). The van der Waals surface area contributed by atoms with Crippen molar-refractivity contribution in [3.8, 4) is 0 Å². The molecule has 22 heavy (non-hydrogen) atoms. The Kier molecular flexibility index (Phi) is 3.65. The molecular weight excluding hydrogens is 298 g/mol. The summed E-state index contributed by atoms with van der Waals surface area (Å²) in [6.07, 6.45) is 0. The van der Waals surface area contributed by atoms with Gasteiger partial charge in [0, 0.05) is 16.0 Å². The third-order valence-electron chi connectivity index (χ3n) is 3.45. The second-order valence-corrected chi connectivity index (χ2v) is 5.30. The van der Waals surface area contributed by atoms with E-state index in [9.17, 15) is 9.90 Å². The van der Waals surface area contributed by atoms with Gasteiger partial charge in [-0.3, -0.25) is 0 Å². The largest absolute Gasteiger partial charge is 0.478 e. The minimum atomic E-state index is -0.986. The number of aromatic nitrogens is 1. The van der Waals surface area contributed by atoms with Crippen LogP contribution in [0.1, 0.15) is 21.6 Å². The monoisotopic (exact) mass is 309 g/mol. The normalized spacial score (nSPS) is 10.6. The summed E-state index contributed by atoms with van der Waals surface area (Å²) >= 11 is 5.99. The molecule has 0 unspecified atom stereocenters. The van der Waals surface area contributed by atoms with Gasteiger partial charge in [0.05, 0.1) is 16.8 Å². The molecule has 3 nitrogen and oxygen atoms in total. The van der Waals surface area contributed by atoms with E-state index in [1.807, 2.05) is 18.2 Å². The van der Waals surface area contributed by atoms with E-state index in [1.54, 1.807) is 36.4 Å². The quantitative estimate of drug-likeness (QED) is 0.766. The van der Waals surface area contributed by atoms with Gasteiger partial charge in [-0.2, -0.15) is 0 Å². The molecule has 0 spiro atoms. The SMILES string of the molecule is C=C(c1ccc2ccc(Cl)cc2n1)c1ccccc1C(=O)O. The summed E-state index contributed by atoms with van der Waals surface area (Å²) < 4.78 is 0. The number of aromatic carboxylic acids is 1. The number of hydrogen-bond acceptors (Lipinski definition) is 2. The fraction of sp³-hybridized carbons (Fsp3) is 0. The lowest BCUT2D eigenvalue weighted by molar-refractivity contribution is 0.0696. The molecule has 0 fully saturated rings. The van der Waals surface area contributed by atoms with Gasteiger partial charge in [0.1, 0.15) is 0 Å². The molecule has 1 aromatic heterocycles. The molecule has 4 heteroatoms. The van der Waals surface area contributed by atoms with Crippen molar-refractivity contribution in [2.24, 2.45) is 0 Å². The molecule has 3 aromatic rings. The molecule has 0 aliphatic carbocycles. The summed E-state index contributed by atoms with van der Waals surface area (Å²) in [6.45, 7) is 4.01. The van der Waals surface area contributed by atoms with Crippen LogP contribution in [0.5, 0.6) is 0 Å². The highest BCUT2D eigenvalue weighted by atomic mass is 35.5. The van der Waals surface area contributed by atoms with Crippen LogP contribution in [0.25, 0.3) is 16.5 Å². The summed E-state index contributed by atoms with van der Waals surface area (Å²) in [5, 5.41) is 10.9. The highest BCUT2D eigenvalue weighted by Gasteiger charge is 2.14. The van der Waals surface area contributed by atoms with E-state index >= 15 is 0 Å². The smallest absolute Gasteiger partial charge is 0.336 e. The number of fused-ring (bicyclic) bond motifs is 1. The molecule has 0 amide bonds. The molecule has 0 atom stereocenters. The van der Waals surface area contributed by atoms with Crippen LogP contribution in [0.2, 0.25) is 5.02 Å². The van der Waals surface area contributed by atoms with E-state index < -0.39 is 5.97 Å². The maximum atomic E-state index is 11.3. The van der Waals surface area contributed by atoms with Gasteiger partial charge in [0.2, 0.25) is 0 Å². The Bertz CT molecular complexity index is 902. The Morgan fingerprint density at radius 1 is 1.05 bits per heavy atom. The maximum Gasteiger partial charge on any atom is 0.336 e. The second kappa shape index (κ2) is 5.62. The Balaban J connectivity index is 2.11. The number of halogens is 1. The van der Waals surface area contributed by atoms with Crippen LogP contribution >= 0.6 is 11.6 Å². The van der Waals surface area contributed by atoms with Gasteiger partial charge in [-0.1, -0.05) is 48.5 Å². The van der Waals surface area contributed by atoms with E-state index in [0.29, 0.717) is 21.9 Å². The number of carboxylic acid groups (broad SMARTS) is 1. The van der Waals surface area contributed by atoms with Crippen molar-refractivity contribution in [1.82, 2.24) is 4.98 Å². The zero-order valence-corrected chi connectivity index (χ0v) is 12.3. The van der Waals surface area contributed by atoms with Crippen molar-refractivity contribution in [2.75, 3.05) is 0 Å². The minimum absolute atomic E-state index is 0.209. The lowest BCUT2D eigenvalue weighted by Crippen LogP contribution is -2.02. The van der Waals surface area contributed by atoms with E-state index in [-0.39, 0.29) is 5.56 Å². The fourth-order valence-corrected chi connectivity index (χ4v) is 2.50. The van der Waals surface area contributed by atoms with E-state index in [0.717, 1.165) is 10.9 Å². The van der Waals surface area contributed by atoms with E-state index in [2.05, 4.69) is 11.6 Å². The zero-order chi connectivity index (χ0) is 15.7. The topological polar surface area (TPSA) is 50.2 Å². The van der Waals surface area contributed by atoms with Gasteiger partial charge < -0.3 is 5.11 Å². The second-order valence-electron chi connectivity index (χ2n) is 4.86. The molecule has 0 aliphatic rings. The highest BCUT2D eigenvalue weighted by molar-refractivity contribution is 6.31. The summed E-state index contributed by atoms with van der Waals surface area (Å²) in [5.41, 5.74) is 2.71. The summed E-state index contributed by atoms with van der Waals surface area (Å²) in [5.74, 6) is -0.986. The lowest BCUT2D eigenvalue weighted by atomic mass is 9.98. The van der Waals surface area contributed by atoms with Crippen LogP contribution in [0.15, 0.2) is 61.2 Å². The molecule has 3 rings (SSSR count). The first-order chi connectivity index (χ1) is 10.6. The average molecular weight is 310 g/mol. The molecule has 0 saturated heterocycles. The third-order valence-corrected chi connectivity index (χ3v) is 3.68. The lowest BCUT2D eigenvalue weighted by Gasteiger charge is -2.10. The molecule has 0 aliphatic heterocycles. The molecule has 108 valence electrons. The van der Waals surface area contributed by atoms with Crippen molar-refractivity contribution < 1.29 is 9.90 Å². The van der Waals surface area contributed by atoms with Gasteiger partial charge >= 0.3 is 5.97 Å². The van der Waals surface area contributed by atoms with E-state index in [4.69, 9.17) is 11.6 Å². The molecular formula is C18H12ClNO2. The summed E-state index contributed by atoms with van der Waals surface area (Å²) in [7, 11) is 0. The molecule has 2 aromatic carbocycles. The Morgan fingerprint density at radius 3 is 2.45 bits per heavy atom. The van der Waals surface area contributed by atoms with Crippen LogP contribution in [0.4, 0.5) is 0 Å². The zero-order valence-electron chi connectivity index (χ0n) is 11.6. The summed E-state index contributed by atoms with van der Waals surface area (Å²) in [4.78, 5) is 15.9. The predicted molar refractivity (Wildman–Crippen MR) is 88.3 cm³/mol. The first-order valence-electron chi connectivity index (χ1n) is 6.64. The van der Waals surface area contributed by atoms with Crippen LogP contribution in [0.3, 0.4) is 0 Å². The number of carboxylic acids is 1. The van der Waals surface area contributed by atoms with Crippen LogP contribution < -0.4 is 0 Å². The molecule has 0 bridgehead atoms. The number of benzene rings is 2. The Hall–Kier alpha value is -2.65. The first-order valence-corrected chi connectivity index (χ1v) is 7.02. The van der Waals surface area contributed by atoms with E-state index in [1.165, 1.54) is 0 Å². The molecule has 0 radical (unpaired) electrons. The highest BCUT2D eigenvalue weighted by Crippen LogP contribution is 2.26. The predicted octanol–water partition coefficient (Wildman–Crippen LogP) is 4.65. The number of rotatable bonds is 3. The summed E-state index contributed by atoms with van der Waals surface area (Å²) in [6, 6.07) is 16.0.